The quantitative estimate of drug-likeness (QED) is 0.268. The molecule has 0 atom stereocenters. The maximum absolute atomic E-state index is 13.8. The highest BCUT2D eigenvalue weighted by Crippen LogP contribution is 2.52. The van der Waals surface area contributed by atoms with Crippen LogP contribution in [0.4, 0.5) is 8.78 Å². The zero-order valence-electron chi connectivity index (χ0n) is 18.8. The highest BCUT2D eigenvalue weighted by atomic mass is 19.1. The molecule has 0 radical (unpaired) electrons. The van der Waals surface area contributed by atoms with Crippen molar-refractivity contribution in [2.75, 3.05) is 14.2 Å². The van der Waals surface area contributed by atoms with Gasteiger partial charge in [-0.05, 0) is 93.0 Å². The van der Waals surface area contributed by atoms with Crippen LogP contribution in [0.15, 0.2) is 97.1 Å². The second kappa shape index (κ2) is 8.99. The highest BCUT2D eigenvalue weighted by molar-refractivity contribution is 6.10. The molecule has 0 saturated carbocycles. The van der Waals surface area contributed by atoms with Gasteiger partial charge in [0.1, 0.15) is 23.1 Å². The summed E-state index contributed by atoms with van der Waals surface area (Å²) in [6, 6.07) is 28.7. The summed E-state index contributed by atoms with van der Waals surface area (Å²) in [6.45, 7) is 0. The maximum atomic E-state index is 13.8. The second-order valence-corrected chi connectivity index (χ2v) is 7.97. The van der Waals surface area contributed by atoms with E-state index in [1.54, 1.807) is 38.5 Å². The van der Waals surface area contributed by atoms with Crippen molar-refractivity contribution >= 4 is 0 Å². The van der Waals surface area contributed by atoms with Gasteiger partial charge < -0.3 is 9.47 Å². The van der Waals surface area contributed by atoms with E-state index in [-0.39, 0.29) is 11.6 Å². The van der Waals surface area contributed by atoms with Crippen LogP contribution in [0.5, 0.6) is 11.5 Å². The number of benzene rings is 3. The number of methoxy groups -OCH3 is 2. The van der Waals surface area contributed by atoms with Crippen LogP contribution in [0.3, 0.4) is 0 Å². The molecule has 0 bridgehead atoms. The van der Waals surface area contributed by atoms with Crippen LogP contribution in [0.25, 0.3) is 44.5 Å². The number of rotatable bonds is 5. The van der Waals surface area contributed by atoms with E-state index in [4.69, 9.17) is 9.47 Å². The maximum Gasteiger partial charge on any atom is 0.123 e. The Hall–Kier alpha value is -4.18. The van der Waals surface area contributed by atoms with Crippen molar-refractivity contribution in [2.24, 2.45) is 0 Å². The lowest BCUT2D eigenvalue weighted by molar-refractivity contribution is 0.415. The fourth-order valence-corrected chi connectivity index (χ4v) is 4.41. The monoisotopic (exact) mass is 452 g/mol. The van der Waals surface area contributed by atoms with Gasteiger partial charge in [0, 0.05) is 0 Å². The minimum atomic E-state index is -0.301. The molecule has 0 N–H and O–H groups in total. The SMILES string of the molecule is COc1ccc(-c2c3ccc(OC)ccc-3c(-c3ccc(F)cc3)c2-c2ccc(F)cc2)cc1. The van der Waals surface area contributed by atoms with Crippen molar-refractivity contribution in [3.63, 3.8) is 0 Å². The smallest absolute Gasteiger partial charge is 0.123 e. The molecule has 168 valence electrons. The van der Waals surface area contributed by atoms with E-state index in [1.807, 2.05) is 48.5 Å². The molecule has 2 aliphatic carbocycles. The molecule has 0 spiro atoms. The Morgan fingerprint density at radius 2 is 0.735 bits per heavy atom. The zero-order chi connectivity index (χ0) is 23.7. The number of hydrogen-bond acceptors (Lipinski definition) is 2. The topological polar surface area (TPSA) is 18.5 Å². The molecule has 34 heavy (non-hydrogen) atoms. The van der Waals surface area contributed by atoms with Crippen LogP contribution in [-0.4, -0.2) is 14.2 Å². The summed E-state index contributed by atoms with van der Waals surface area (Å²) in [5, 5.41) is 0. The Balaban J connectivity index is 1.91. The molecule has 0 aromatic heterocycles. The van der Waals surface area contributed by atoms with E-state index in [0.717, 1.165) is 56.0 Å². The van der Waals surface area contributed by atoms with E-state index in [1.165, 1.54) is 24.3 Å². The predicted octanol–water partition coefficient (Wildman–Crippen LogP) is 8.09. The second-order valence-electron chi connectivity index (χ2n) is 7.97. The fraction of sp³-hybridized carbons (Fsp3) is 0.0667. The minimum Gasteiger partial charge on any atom is -0.497 e. The largest absolute Gasteiger partial charge is 0.497 e. The van der Waals surface area contributed by atoms with Gasteiger partial charge in [-0.2, -0.15) is 0 Å². The third-order valence-electron chi connectivity index (χ3n) is 6.04. The first-order valence-electron chi connectivity index (χ1n) is 10.9. The van der Waals surface area contributed by atoms with Gasteiger partial charge in [0.2, 0.25) is 0 Å². The lowest BCUT2D eigenvalue weighted by atomic mass is 9.93. The van der Waals surface area contributed by atoms with Crippen LogP contribution in [0, 0.1) is 11.6 Å². The van der Waals surface area contributed by atoms with Crippen LogP contribution in [0.2, 0.25) is 0 Å². The van der Waals surface area contributed by atoms with Crippen molar-refractivity contribution in [3.8, 4) is 56.0 Å². The molecule has 3 aromatic rings. The van der Waals surface area contributed by atoms with Crippen LogP contribution >= 0.6 is 0 Å². The van der Waals surface area contributed by atoms with Crippen molar-refractivity contribution in [3.05, 3.63) is 109 Å². The van der Waals surface area contributed by atoms with Gasteiger partial charge >= 0.3 is 0 Å². The normalized spacial score (nSPS) is 10.9. The molecule has 0 unspecified atom stereocenters. The third kappa shape index (κ3) is 3.88. The average Bonchev–Trinajstić information content (AvgIpc) is 3.04. The fourth-order valence-electron chi connectivity index (χ4n) is 4.41. The summed E-state index contributed by atoms with van der Waals surface area (Å²) in [5.41, 5.74) is 7.63. The molecule has 0 heterocycles. The Morgan fingerprint density at radius 1 is 0.412 bits per heavy atom. The van der Waals surface area contributed by atoms with Crippen LogP contribution in [0.1, 0.15) is 0 Å². The Labute approximate surface area is 197 Å². The summed E-state index contributed by atoms with van der Waals surface area (Å²) < 4.78 is 38.5. The number of ether oxygens (including phenoxy) is 2. The van der Waals surface area contributed by atoms with E-state index in [2.05, 4.69) is 0 Å². The van der Waals surface area contributed by atoms with Gasteiger partial charge in [-0.15, -0.1) is 0 Å². The molecular formula is C30H22F2O2. The molecular weight excluding hydrogens is 430 g/mol. The molecule has 0 aliphatic heterocycles. The van der Waals surface area contributed by atoms with Crippen LogP contribution in [-0.2, 0) is 0 Å². The molecule has 0 amide bonds. The first kappa shape index (κ1) is 21.7. The standard InChI is InChI=1S/C30H22F2O2/c1-33-24-13-7-20(8-14-24)29-27-18-16-25(34-2)15-17-26(27)28(19-3-9-22(31)10-4-19)30(29)21-5-11-23(32)12-6-21/h3-18H,1-2H3. The molecule has 0 fully saturated rings. The number of halogens is 2. The Bertz CT molecular complexity index is 1410. The van der Waals surface area contributed by atoms with Gasteiger partial charge in [0.05, 0.1) is 14.2 Å². The zero-order valence-corrected chi connectivity index (χ0v) is 18.8. The molecule has 3 aromatic carbocycles. The Morgan fingerprint density at radius 3 is 1.12 bits per heavy atom. The third-order valence-corrected chi connectivity index (χ3v) is 6.04. The summed E-state index contributed by atoms with van der Waals surface area (Å²) in [5.74, 6) is 0.884. The first-order valence-corrected chi connectivity index (χ1v) is 10.9. The van der Waals surface area contributed by atoms with Crippen molar-refractivity contribution in [1.29, 1.82) is 0 Å². The van der Waals surface area contributed by atoms with Crippen molar-refractivity contribution in [2.45, 2.75) is 0 Å². The van der Waals surface area contributed by atoms with E-state index in [9.17, 15) is 8.78 Å². The summed E-state index contributed by atoms with van der Waals surface area (Å²) in [7, 11) is 3.27. The minimum absolute atomic E-state index is 0.300. The van der Waals surface area contributed by atoms with Crippen molar-refractivity contribution < 1.29 is 18.3 Å². The Kier molecular flexibility index (Phi) is 5.72. The highest BCUT2D eigenvalue weighted by Gasteiger charge is 2.26. The van der Waals surface area contributed by atoms with Gasteiger partial charge in [-0.25, -0.2) is 8.78 Å². The average molecular weight is 453 g/mol. The van der Waals surface area contributed by atoms with Gasteiger partial charge in [-0.1, -0.05) is 48.5 Å². The first-order chi connectivity index (χ1) is 16.6. The van der Waals surface area contributed by atoms with Gasteiger partial charge in [0.25, 0.3) is 0 Å². The predicted molar refractivity (Wildman–Crippen MR) is 132 cm³/mol. The molecule has 2 nitrogen and oxygen atoms in total. The molecule has 0 saturated heterocycles. The lowest BCUT2D eigenvalue weighted by Crippen LogP contribution is -1.87. The van der Waals surface area contributed by atoms with Crippen LogP contribution < -0.4 is 9.47 Å². The van der Waals surface area contributed by atoms with Gasteiger partial charge in [0.15, 0.2) is 0 Å². The summed E-state index contributed by atoms with van der Waals surface area (Å²) in [4.78, 5) is 0. The van der Waals surface area contributed by atoms with E-state index < -0.39 is 0 Å². The molecule has 2 aliphatic rings. The summed E-state index contributed by atoms with van der Waals surface area (Å²) in [6.07, 6.45) is 0. The van der Waals surface area contributed by atoms with E-state index >= 15 is 0 Å². The lowest BCUT2D eigenvalue weighted by Gasteiger charge is -2.11. The molecule has 5 rings (SSSR count). The van der Waals surface area contributed by atoms with Gasteiger partial charge in [-0.3, -0.25) is 0 Å². The van der Waals surface area contributed by atoms with Crippen molar-refractivity contribution in [1.82, 2.24) is 0 Å². The van der Waals surface area contributed by atoms with E-state index in [0.29, 0.717) is 0 Å². The molecule has 4 heteroatoms. The number of hydrogen-bond donors (Lipinski definition) is 0. The number of fused-ring (bicyclic) bond motifs is 1. The summed E-state index contributed by atoms with van der Waals surface area (Å²) >= 11 is 0.